The number of aryl methyl sites for hydroxylation is 2. The highest BCUT2D eigenvalue weighted by Gasteiger charge is 2.11. The van der Waals surface area contributed by atoms with Crippen LogP contribution >= 0.6 is 0 Å². The van der Waals surface area contributed by atoms with Gasteiger partial charge in [0.1, 0.15) is 0 Å². The van der Waals surface area contributed by atoms with Crippen molar-refractivity contribution in [2.75, 3.05) is 11.4 Å². The number of carbonyl (C=O) groups is 1. The van der Waals surface area contributed by atoms with Gasteiger partial charge in [0, 0.05) is 12.2 Å². The Hall–Kier alpha value is -1.51. The number of hydrogen-bond acceptors (Lipinski definition) is 1. The third-order valence-electron chi connectivity index (χ3n) is 2.35. The van der Waals surface area contributed by atoms with E-state index in [0.29, 0.717) is 6.54 Å². The van der Waals surface area contributed by atoms with E-state index in [9.17, 15) is 4.79 Å². The molecule has 1 rings (SSSR count). The molecule has 0 saturated heterocycles. The van der Waals surface area contributed by atoms with E-state index in [-0.39, 0.29) is 0 Å². The summed E-state index contributed by atoms with van der Waals surface area (Å²) in [7, 11) is 0. The molecule has 1 amide bonds. The molecule has 0 saturated carbocycles. The predicted molar refractivity (Wildman–Crippen MR) is 57.0 cm³/mol. The third kappa shape index (κ3) is 2.05. The Balaban J connectivity index is 3.06. The molecule has 3 nitrogen and oxygen atoms in total. The first-order chi connectivity index (χ1) is 6.56. The normalized spacial score (nSPS) is 9.93. The van der Waals surface area contributed by atoms with Gasteiger partial charge in [0.05, 0.1) is 0 Å². The summed E-state index contributed by atoms with van der Waals surface area (Å²) in [5.74, 6) is 0. The van der Waals surface area contributed by atoms with Crippen molar-refractivity contribution in [3.63, 3.8) is 0 Å². The van der Waals surface area contributed by atoms with Gasteiger partial charge in [0.15, 0.2) is 0 Å². The van der Waals surface area contributed by atoms with Crippen molar-refractivity contribution in [3.05, 3.63) is 29.3 Å². The lowest BCUT2D eigenvalue weighted by molar-refractivity contribution is 0.202. The van der Waals surface area contributed by atoms with Gasteiger partial charge in [-0.05, 0) is 44.0 Å². The Bertz CT molecular complexity index is 347. The maximum atomic E-state index is 10.9. The Labute approximate surface area is 84.0 Å². The van der Waals surface area contributed by atoms with E-state index >= 15 is 0 Å². The number of benzene rings is 1. The van der Waals surface area contributed by atoms with Crippen LogP contribution in [0.3, 0.4) is 0 Å². The van der Waals surface area contributed by atoms with Crippen LogP contribution in [0.25, 0.3) is 0 Å². The molecule has 0 unspecified atom stereocenters. The van der Waals surface area contributed by atoms with Gasteiger partial charge in [0.2, 0.25) is 0 Å². The molecule has 0 bridgehead atoms. The van der Waals surface area contributed by atoms with Gasteiger partial charge in [0.25, 0.3) is 0 Å². The Kier molecular flexibility index (Phi) is 3.12. The molecule has 0 spiro atoms. The van der Waals surface area contributed by atoms with E-state index in [1.54, 1.807) is 0 Å². The first-order valence-electron chi connectivity index (χ1n) is 4.64. The zero-order valence-corrected chi connectivity index (χ0v) is 8.74. The molecular formula is C11H15NO2. The molecular weight excluding hydrogens is 178 g/mol. The zero-order chi connectivity index (χ0) is 10.7. The summed E-state index contributed by atoms with van der Waals surface area (Å²) >= 11 is 0. The molecule has 3 heteroatoms. The first kappa shape index (κ1) is 10.6. The molecule has 0 aromatic heterocycles. The lowest BCUT2D eigenvalue weighted by atomic mass is 10.1. The van der Waals surface area contributed by atoms with E-state index < -0.39 is 6.09 Å². The quantitative estimate of drug-likeness (QED) is 0.784. The maximum Gasteiger partial charge on any atom is 0.411 e. The van der Waals surface area contributed by atoms with Crippen molar-refractivity contribution in [1.29, 1.82) is 0 Å². The molecule has 14 heavy (non-hydrogen) atoms. The molecule has 1 N–H and O–H groups in total. The fraction of sp³-hybridized carbons (Fsp3) is 0.364. The number of rotatable bonds is 2. The number of carboxylic acid groups (broad SMARTS) is 1. The van der Waals surface area contributed by atoms with Crippen LogP contribution in [0.2, 0.25) is 0 Å². The fourth-order valence-corrected chi connectivity index (χ4v) is 1.32. The summed E-state index contributed by atoms with van der Waals surface area (Å²) < 4.78 is 0. The van der Waals surface area contributed by atoms with Gasteiger partial charge in [-0.1, -0.05) is 6.07 Å². The number of nitrogens with zero attached hydrogens (tertiary/aromatic N) is 1. The van der Waals surface area contributed by atoms with E-state index in [1.807, 2.05) is 39.0 Å². The Morgan fingerprint density at radius 3 is 2.43 bits per heavy atom. The summed E-state index contributed by atoms with van der Waals surface area (Å²) in [5, 5.41) is 8.91. The number of amides is 1. The van der Waals surface area contributed by atoms with Crippen LogP contribution < -0.4 is 4.90 Å². The minimum Gasteiger partial charge on any atom is -0.465 e. The Morgan fingerprint density at radius 2 is 2.00 bits per heavy atom. The minimum atomic E-state index is -0.907. The van der Waals surface area contributed by atoms with Gasteiger partial charge in [-0.3, -0.25) is 4.90 Å². The van der Waals surface area contributed by atoms with Gasteiger partial charge in [-0.15, -0.1) is 0 Å². The van der Waals surface area contributed by atoms with E-state index in [2.05, 4.69) is 0 Å². The highest BCUT2D eigenvalue weighted by Crippen LogP contribution is 2.18. The van der Waals surface area contributed by atoms with Crippen LogP contribution in [0.15, 0.2) is 18.2 Å². The summed E-state index contributed by atoms with van der Waals surface area (Å²) in [6.07, 6.45) is -0.907. The van der Waals surface area contributed by atoms with Crippen molar-refractivity contribution in [1.82, 2.24) is 0 Å². The molecule has 1 aromatic rings. The molecule has 0 atom stereocenters. The van der Waals surface area contributed by atoms with Crippen molar-refractivity contribution in [2.24, 2.45) is 0 Å². The van der Waals surface area contributed by atoms with Gasteiger partial charge < -0.3 is 5.11 Å². The molecule has 76 valence electrons. The average Bonchev–Trinajstić information content (AvgIpc) is 2.11. The average molecular weight is 193 g/mol. The summed E-state index contributed by atoms with van der Waals surface area (Å²) in [6.45, 7) is 6.28. The summed E-state index contributed by atoms with van der Waals surface area (Å²) in [5.41, 5.74) is 3.03. The molecule has 0 fully saturated rings. The van der Waals surface area contributed by atoms with E-state index in [4.69, 9.17) is 5.11 Å². The molecule has 0 heterocycles. The topological polar surface area (TPSA) is 40.5 Å². The maximum absolute atomic E-state index is 10.9. The largest absolute Gasteiger partial charge is 0.465 e. The van der Waals surface area contributed by atoms with Gasteiger partial charge in [-0.25, -0.2) is 4.79 Å². The molecule has 1 aromatic carbocycles. The predicted octanol–water partition coefficient (Wildman–Crippen LogP) is 2.81. The Morgan fingerprint density at radius 1 is 1.36 bits per heavy atom. The second kappa shape index (κ2) is 4.13. The van der Waals surface area contributed by atoms with Crippen LogP contribution in [0, 0.1) is 13.8 Å². The minimum absolute atomic E-state index is 0.470. The van der Waals surface area contributed by atoms with Gasteiger partial charge in [-0.2, -0.15) is 0 Å². The standard InChI is InChI=1S/C11H15NO2/c1-4-12(11(13)14)10-6-5-8(2)9(3)7-10/h5-7H,4H2,1-3H3,(H,13,14). The molecule has 0 aliphatic heterocycles. The first-order valence-corrected chi connectivity index (χ1v) is 4.64. The van der Waals surface area contributed by atoms with Crippen LogP contribution in [0.5, 0.6) is 0 Å². The molecule has 0 aliphatic carbocycles. The van der Waals surface area contributed by atoms with Crippen molar-refractivity contribution in [2.45, 2.75) is 20.8 Å². The SMILES string of the molecule is CCN(C(=O)O)c1ccc(C)c(C)c1. The zero-order valence-electron chi connectivity index (χ0n) is 8.74. The van der Waals surface area contributed by atoms with Crippen LogP contribution in [0.4, 0.5) is 10.5 Å². The second-order valence-electron chi connectivity index (χ2n) is 3.30. The lowest BCUT2D eigenvalue weighted by Gasteiger charge is -2.17. The lowest BCUT2D eigenvalue weighted by Crippen LogP contribution is -2.28. The highest BCUT2D eigenvalue weighted by atomic mass is 16.4. The molecule has 0 aliphatic rings. The monoisotopic (exact) mass is 193 g/mol. The fourth-order valence-electron chi connectivity index (χ4n) is 1.32. The van der Waals surface area contributed by atoms with Crippen LogP contribution in [-0.4, -0.2) is 17.7 Å². The van der Waals surface area contributed by atoms with E-state index in [0.717, 1.165) is 11.3 Å². The third-order valence-corrected chi connectivity index (χ3v) is 2.35. The van der Waals surface area contributed by atoms with Crippen molar-refractivity contribution >= 4 is 11.8 Å². The number of hydrogen-bond donors (Lipinski definition) is 1. The highest BCUT2D eigenvalue weighted by molar-refractivity contribution is 5.86. The number of anilines is 1. The van der Waals surface area contributed by atoms with Gasteiger partial charge >= 0.3 is 6.09 Å². The van der Waals surface area contributed by atoms with E-state index in [1.165, 1.54) is 10.5 Å². The second-order valence-corrected chi connectivity index (χ2v) is 3.30. The van der Waals surface area contributed by atoms with Crippen LogP contribution in [-0.2, 0) is 0 Å². The van der Waals surface area contributed by atoms with Crippen molar-refractivity contribution < 1.29 is 9.90 Å². The smallest absolute Gasteiger partial charge is 0.411 e. The summed E-state index contributed by atoms with van der Waals surface area (Å²) in [4.78, 5) is 12.2. The van der Waals surface area contributed by atoms with Crippen molar-refractivity contribution in [3.8, 4) is 0 Å². The molecule has 0 radical (unpaired) electrons. The van der Waals surface area contributed by atoms with Crippen LogP contribution in [0.1, 0.15) is 18.1 Å². The summed E-state index contributed by atoms with van der Waals surface area (Å²) in [6, 6.07) is 5.67.